The van der Waals surface area contributed by atoms with Crippen LogP contribution in [0.3, 0.4) is 0 Å². The van der Waals surface area contributed by atoms with E-state index in [4.69, 9.17) is 21.4 Å². The van der Waals surface area contributed by atoms with Gasteiger partial charge in [-0.15, -0.1) is 0 Å². The number of thiazole rings is 1. The van der Waals surface area contributed by atoms with Crippen LogP contribution in [0.1, 0.15) is 39.3 Å². The zero-order valence-electron chi connectivity index (χ0n) is 14.9. The molecule has 2 aromatic rings. The summed E-state index contributed by atoms with van der Waals surface area (Å²) in [4.78, 5) is 36.7. The standard InChI is InChI=1S/C16H20ClN5O4S/c1-3-26-10-7-22(16-18-6-11(27-16)15(24)25)5-4-9(10)20-14(23)13-19-8(2)12(17)21-13/h6,9-10H,3-5,7H2,1-2H3,(H,19,21)(H,20,23)(H,24,25)/t9-,10+/m1/s1. The van der Waals surface area contributed by atoms with Crippen LogP contribution in [-0.2, 0) is 4.74 Å². The SMILES string of the molecule is CCO[C@H]1CN(c2ncc(C(=O)O)s2)CC[C@H]1NC(=O)c1nc(Cl)c(C)[nH]1. The number of hydrogen-bond donors (Lipinski definition) is 3. The molecule has 1 fully saturated rings. The molecule has 146 valence electrons. The third-order valence-electron chi connectivity index (χ3n) is 4.27. The molecular weight excluding hydrogens is 394 g/mol. The van der Waals surface area contributed by atoms with Gasteiger partial charge in [0.25, 0.3) is 5.91 Å². The molecule has 1 saturated heterocycles. The van der Waals surface area contributed by atoms with Gasteiger partial charge in [0, 0.05) is 19.7 Å². The summed E-state index contributed by atoms with van der Waals surface area (Å²) >= 11 is 7.03. The van der Waals surface area contributed by atoms with E-state index >= 15 is 0 Å². The van der Waals surface area contributed by atoms with Crippen molar-refractivity contribution in [3.63, 3.8) is 0 Å². The Morgan fingerprint density at radius 3 is 2.93 bits per heavy atom. The third kappa shape index (κ3) is 4.40. The molecule has 1 aliphatic heterocycles. The number of piperidine rings is 1. The Kier molecular flexibility index (Phi) is 5.98. The maximum absolute atomic E-state index is 12.4. The summed E-state index contributed by atoms with van der Waals surface area (Å²) in [6, 6.07) is -0.197. The number of aromatic carboxylic acids is 1. The van der Waals surface area contributed by atoms with Crippen LogP contribution in [0.2, 0.25) is 5.15 Å². The lowest BCUT2D eigenvalue weighted by atomic mass is 10.0. The number of carboxylic acid groups (broad SMARTS) is 1. The highest BCUT2D eigenvalue weighted by molar-refractivity contribution is 7.17. The highest BCUT2D eigenvalue weighted by atomic mass is 35.5. The molecule has 2 atom stereocenters. The van der Waals surface area contributed by atoms with Crippen LogP contribution in [0, 0.1) is 6.92 Å². The fourth-order valence-electron chi connectivity index (χ4n) is 2.93. The predicted octanol–water partition coefficient (Wildman–Crippen LogP) is 1.94. The lowest BCUT2D eigenvalue weighted by Crippen LogP contribution is -2.55. The Morgan fingerprint density at radius 1 is 1.56 bits per heavy atom. The highest BCUT2D eigenvalue weighted by Crippen LogP contribution is 2.27. The van der Waals surface area contributed by atoms with Crippen molar-refractivity contribution in [3.05, 3.63) is 27.7 Å². The summed E-state index contributed by atoms with van der Waals surface area (Å²) in [5.74, 6) is -1.16. The van der Waals surface area contributed by atoms with Crippen LogP contribution in [-0.4, -0.2) is 63.8 Å². The van der Waals surface area contributed by atoms with Crippen LogP contribution in [0.4, 0.5) is 5.13 Å². The number of H-pyrrole nitrogens is 1. The van der Waals surface area contributed by atoms with Crippen molar-refractivity contribution < 1.29 is 19.4 Å². The molecule has 0 saturated carbocycles. The average Bonchev–Trinajstić information content (AvgIpc) is 3.24. The average molecular weight is 414 g/mol. The van der Waals surface area contributed by atoms with Gasteiger partial charge in [-0.05, 0) is 20.3 Å². The second kappa shape index (κ2) is 8.24. The Balaban J connectivity index is 1.68. The summed E-state index contributed by atoms with van der Waals surface area (Å²) in [6.45, 7) is 5.25. The molecule has 3 N–H and O–H groups in total. The number of hydrogen-bond acceptors (Lipinski definition) is 7. The Labute approximate surface area is 164 Å². The number of nitrogens with zero attached hydrogens (tertiary/aromatic N) is 3. The van der Waals surface area contributed by atoms with Gasteiger partial charge >= 0.3 is 5.97 Å². The molecule has 2 aromatic heterocycles. The van der Waals surface area contributed by atoms with E-state index in [1.165, 1.54) is 6.20 Å². The first-order valence-corrected chi connectivity index (χ1v) is 9.67. The van der Waals surface area contributed by atoms with E-state index in [0.717, 1.165) is 11.3 Å². The van der Waals surface area contributed by atoms with Crippen molar-refractivity contribution in [2.45, 2.75) is 32.4 Å². The van der Waals surface area contributed by atoms with Crippen molar-refractivity contribution in [1.82, 2.24) is 20.3 Å². The quantitative estimate of drug-likeness (QED) is 0.661. The van der Waals surface area contributed by atoms with Crippen LogP contribution < -0.4 is 10.2 Å². The van der Waals surface area contributed by atoms with E-state index in [1.54, 1.807) is 6.92 Å². The predicted molar refractivity (Wildman–Crippen MR) is 101 cm³/mol. The molecule has 9 nitrogen and oxygen atoms in total. The Hall–Kier alpha value is -2.17. The van der Waals surface area contributed by atoms with Crippen LogP contribution in [0.5, 0.6) is 0 Å². The maximum atomic E-state index is 12.4. The lowest BCUT2D eigenvalue weighted by molar-refractivity contribution is 0.0271. The lowest BCUT2D eigenvalue weighted by Gasteiger charge is -2.38. The van der Waals surface area contributed by atoms with Crippen molar-refractivity contribution >= 4 is 39.9 Å². The number of ether oxygens (including phenoxy) is 1. The van der Waals surface area contributed by atoms with Crippen molar-refractivity contribution in [2.24, 2.45) is 0 Å². The summed E-state index contributed by atoms with van der Waals surface area (Å²) in [5.41, 5.74) is 0.635. The number of aromatic amines is 1. The van der Waals surface area contributed by atoms with Crippen LogP contribution in [0.15, 0.2) is 6.20 Å². The van der Waals surface area contributed by atoms with E-state index in [1.807, 2.05) is 11.8 Å². The molecule has 3 heterocycles. The monoisotopic (exact) mass is 413 g/mol. The smallest absolute Gasteiger partial charge is 0.347 e. The number of carbonyl (C=O) groups excluding carboxylic acids is 1. The number of halogens is 1. The molecule has 1 amide bonds. The van der Waals surface area contributed by atoms with Gasteiger partial charge in [-0.3, -0.25) is 4.79 Å². The molecule has 1 aliphatic rings. The Morgan fingerprint density at radius 2 is 2.33 bits per heavy atom. The number of carboxylic acids is 1. The number of carbonyl (C=O) groups is 2. The van der Waals surface area contributed by atoms with Gasteiger partial charge in [0.2, 0.25) is 0 Å². The van der Waals surface area contributed by atoms with Crippen molar-refractivity contribution in [1.29, 1.82) is 0 Å². The summed E-state index contributed by atoms with van der Waals surface area (Å²) in [5, 5.41) is 12.9. The second-order valence-corrected chi connectivity index (χ2v) is 7.49. The van der Waals surface area contributed by atoms with Gasteiger partial charge < -0.3 is 25.0 Å². The van der Waals surface area contributed by atoms with E-state index in [2.05, 4.69) is 20.3 Å². The summed E-state index contributed by atoms with van der Waals surface area (Å²) < 4.78 is 5.81. The molecule has 27 heavy (non-hydrogen) atoms. The first kappa shape index (κ1) is 19.6. The molecule has 0 radical (unpaired) electrons. The molecule has 0 unspecified atom stereocenters. The fraction of sp³-hybridized carbons (Fsp3) is 0.500. The molecule has 0 bridgehead atoms. The number of rotatable bonds is 6. The largest absolute Gasteiger partial charge is 0.477 e. The first-order valence-electron chi connectivity index (χ1n) is 8.47. The molecule has 3 rings (SSSR count). The van der Waals surface area contributed by atoms with Gasteiger partial charge in [0.15, 0.2) is 16.1 Å². The number of imidazole rings is 1. The molecular formula is C16H20ClN5O4S. The van der Waals surface area contributed by atoms with Crippen molar-refractivity contribution in [2.75, 3.05) is 24.6 Å². The second-order valence-electron chi connectivity index (χ2n) is 6.12. The first-order chi connectivity index (χ1) is 12.9. The van der Waals surface area contributed by atoms with E-state index in [0.29, 0.717) is 36.9 Å². The van der Waals surface area contributed by atoms with Crippen LogP contribution >= 0.6 is 22.9 Å². The van der Waals surface area contributed by atoms with E-state index < -0.39 is 5.97 Å². The number of anilines is 1. The minimum atomic E-state index is -0.991. The molecule has 11 heteroatoms. The van der Waals surface area contributed by atoms with E-state index in [9.17, 15) is 9.59 Å². The third-order valence-corrected chi connectivity index (χ3v) is 5.69. The normalized spacial score (nSPS) is 19.9. The maximum Gasteiger partial charge on any atom is 0.347 e. The molecule has 0 spiro atoms. The summed E-state index contributed by atoms with van der Waals surface area (Å²) in [7, 11) is 0. The minimum Gasteiger partial charge on any atom is -0.477 e. The number of aryl methyl sites for hydroxylation is 1. The fourth-order valence-corrected chi connectivity index (χ4v) is 3.85. The zero-order valence-corrected chi connectivity index (χ0v) is 16.4. The minimum absolute atomic E-state index is 0.168. The highest BCUT2D eigenvalue weighted by Gasteiger charge is 2.33. The summed E-state index contributed by atoms with van der Waals surface area (Å²) in [6.07, 6.45) is 1.73. The number of nitrogens with one attached hydrogen (secondary N) is 2. The van der Waals surface area contributed by atoms with E-state index in [-0.39, 0.29) is 33.9 Å². The van der Waals surface area contributed by atoms with Crippen LogP contribution in [0.25, 0.3) is 0 Å². The molecule has 0 aromatic carbocycles. The van der Waals surface area contributed by atoms with Gasteiger partial charge in [-0.1, -0.05) is 22.9 Å². The Bertz CT molecular complexity index is 819. The topological polar surface area (TPSA) is 120 Å². The molecule has 0 aliphatic carbocycles. The van der Waals surface area contributed by atoms with Gasteiger partial charge in [0.1, 0.15) is 4.88 Å². The van der Waals surface area contributed by atoms with Gasteiger partial charge in [-0.25, -0.2) is 14.8 Å². The van der Waals surface area contributed by atoms with Gasteiger partial charge in [0.05, 0.1) is 24.0 Å². The number of aromatic nitrogens is 3. The number of amides is 1. The van der Waals surface area contributed by atoms with Crippen molar-refractivity contribution in [3.8, 4) is 0 Å². The van der Waals surface area contributed by atoms with Gasteiger partial charge in [-0.2, -0.15) is 0 Å². The zero-order chi connectivity index (χ0) is 19.6.